The van der Waals surface area contributed by atoms with Crippen molar-refractivity contribution in [1.82, 2.24) is 0 Å². The second kappa shape index (κ2) is 3.51. The lowest BCUT2D eigenvalue weighted by molar-refractivity contribution is 1.73. The first kappa shape index (κ1) is 8.25. The Morgan fingerprint density at radius 3 is 2.80 bits per heavy atom. The molecule has 0 radical (unpaired) electrons. The summed E-state index contributed by atoms with van der Waals surface area (Å²) >= 11 is 11.5. The van der Waals surface area contributed by atoms with Crippen LogP contribution in [0.2, 0.25) is 0 Å². The van der Waals surface area contributed by atoms with E-state index in [4.69, 9.17) is 23.2 Å². The molecule has 0 aromatic heterocycles. The Hall–Kier alpha value is 0.150. The van der Waals surface area contributed by atoms with Gasteiger partial charge in [0, 0.05) is 10.1 Å². The van der Waals surface area contributed by atoms with Crippen LogP contribution in [0.1, 0.15) is 0 Å². The van der Waals surface area contributed by atoms with E-state index in [0.717, 1.165) is 5.75 Å². The lowest BCUT2D eigenvalue weighted by Crippen LogP contribution is -1.83. The fourth-order valence-electron chi connectivity index (χ4n) is 0.619. The molecule has 1 aliphatic rings. The van der Waals surface area contributed by atoms with Gasteiger partial charge < -0.3 is 10.1 Å². The molecule has 1 rings (SSSR count). The lowest BCUT2D eigenvalue weighted by Gasteiger charge is -1.99. The summed E-state index contributed by atoms with van der Waals surface area (Å²) in [7, 11) is 0.00559. The molecule has 0 saturated heterocycles. The van der Waals surface area contributed by atoms with Crippen LogP contribution < -0.4 is 0 Å². The summed E-state index contributed by atoms with van der Waals surface area (Å²) in [5.41, 5.74) is 0. The van der Waals surface area contributed by atoms with E-state index in [1.54, 1.807) is 6.08 Å². The third-order valence-electron chi connectivity index (χ3n) is 1.05. The first-order chi connectivity index (χ1) is 4.68. The van der Waals surface area contributed by atoms with Crippen LogP contribution in [0.4, 0.5) is 0 Å². The highest BCUT2D eigenvalue weighted by molar-refractivity contribution is 7.93. The van der Waals surface area contributed by atoms with Crippen LogP contribution in [0.3, 0.4) is 0 Å². The van der Waals surface area contributed by atoms with Crippen molar-refractivity contribution in [3.63, 3.8) is 0 Å². The van der Waals surface area contributed by atoms with Crippen molar-refractivity contribution in [2.24, 2.45) is 0 Å². The second-order valence-electron chi connectivity index (χ2n) is 1.94. The van der Waals surface area contributed by atoms with E-state index >= 15 is 0 Å². The normalized spacial score (nSPS) is 20.6. The van der Waals surface area contributed by atoms with E-state index in [-0.39, 0.29) is 10.1 Å². The van der Waals surface area contributed by atoms with Gasteiger partial charge in [-0.1, -0.05) is 29.3 Å². The summed E-state index contributed by atoms with van der Waals surface area (Å²) in [6.07, 6.45) is 3.67. The average Bonchev–Trinajstić information content (AvgIpc) is 1.93. The molecule has 0 atom stereocenters. The van der Waals surface area contributed by atoms with Crippen molar-refractivity contribution in [3.8, 4) is 0 Å². The highest BCUT2D eigenvalue weighted by Crippen LogP contribution is 2.11. The zero-order valence-electron chi connectivity index (χ0n) is 5.31. The Kier molecular flexibility index (Phi) is 2.90. The highest BCUT2D eigenvalue weighted by atomic mass is 35.5. The number of hydrogen-bond donors (Lipinski definition) is 0. The summed E-state index contributed by atoms with van der Waals surface area (Å²) < 4.78 is 0. The zero-order chi connectivity index (χ0) is 7.56. The standard InChI is InChI=1S/C7H7Cl2S/c1-10-3-2-6(8)4-7(9)5-10/h2,4-5H,1,3H2/q-1. The van der Waals surface area contributed by atoms with Crippen LogP contribution in [-0.4, -0.2) is 17.0 Å². The number of hydrogen-bond acceptors (Lipinski definition) is 1. The molecule has 1 aliphatic heterocycles. The van der Waals surface area contributed by atoms with Gasteiger partial charge in [0.1, 0.15) is 0 Å². The predicted octanol–water partition coefficient (Wildman–Crippen LogP) is 2.10. The smallest absolute Gasteiger partial charge is 0.0361 e. The van der Waals surface area contributed by atoms with Gasteiger partial charge in [0.15, 0.2) is 0 Å². The molecule has 0 aliphatic carbocycles. The van der Waals surface area contributed by atoms with Gasteiger partial charge in [0.25, 0.3) is 0 Å². The van der Waals surface area contributed by atoms with Crippen molar-refractivity contribution in [3.05, 3.63) is 22.2 Å². The molecule has 0 aromatic rings. The van der Waals surface area contributed by atoms with Gasteiger partial charge in [-0.3, -0.25) is 0 Å². The maximum atomic E-state index is 5.76. The van der Waals surface area contributed by atoms with E-state index in [1.165, 1.54) is 0 Å². The number of allylic oxidation sites excluding steroid dienone is 3. The summed E-state index contributed by atoms with van der Waals surface area (Å²) in [6.45, 7) is 0. The van der Waals surface area contributed by atoms with E-state index in [0.29, 0.717) is 10.1 Å². The second-order valence-corrected chi connectivity index (χ2v) is 4.46. The maximum absolute atomic E-state index is 5.76. The Bertz CT molecular complexity index is 267. The van der Waals surface area contributed by atoms with E-state index < -0.39 is 0 Å². The summed E-state index contributed by atoms with van der Waals surface area (Å²) in [5, 5.41) is 3.32. The molecule has 0 fully saturated rings. The minimum atomic E-state index is 0.00559. The van der Waals surface area contributed by atoms with Gasteiger partial charge in [0.2, 0.25) is 0 Å². The quantitative estimate of drug-likeness (QED) is 0.409. The van der Waals surface area contributed by atoms with Crippen LogP contribution in [0.25, 0.3) is 0 Å². The number of halogens is 2. The Morgan fingerprint density at radius 1 is 1.40 bits per heavy atom. The van der Waals surface area contributed by atoms with Gasteiger partial charge in [0.05, 0.1) is 0 Å². The number of rotatable bonds is 0. The first-order valence-corrected chi connectivity index (χ1v) is 5.14. The van der Waals surface area contributed by atoms with Crippen molar-refractivity contribution < 1.29 is 0 Å². The Labute approximate surface area is 72.6 Å². The van der Waals surface area contributed by atoms with Crippen molar-refractivity contribution in [2.75, 3.05) is 5.75 Å². The van der Waals surface area contributed by atoms with Gasteiger partial charge in [-0.2, -0.15) is 5.37 Å². The molecule has 0 amide bonds. The minimum Gasteiger partial charge on any atom is -0.473 e. The Morgan fingerprint density at radius 2 is 2.10 bits per heavy atom. The molecule has 3 heteroatoms. The predicted molar refractivity (Wildman–Crippen MR) is 53.3 cm³/mol. The largest absolute Gasteiger partial charge is 0.473 e. The van der Waals surface area contributed by atoms with Crippen LogP contribution in [0, 0.1) is 0 Å². The monoisotopic (exact) mass is 193 g/mol. The first-order valence-electron chi connectivity index (χ1n) is 2.75. The maximum Gasteiger partial charge on any atom is 0.0361 e. The van der Waals surface area contributed by atoms with E-state index in [9.17, 15) is 0 Å². The molecular formula is C7H7Cl2S-. The molecule has 56 valence electrons. The topological polar surface area (TPSA) is 0 Å². The molecule has 0 spiro atoms. The van der Waals surface area contributed by atoms with Gasteiger partial charge in [-0.25, -0.2) is 5.87 Å². The summed E-state index contributed by atoms with van der Waals surface area (Å²) in [5.74, 6) is 4.78. The van der Waals surface area contributed by atoms with E-state index in [1.807, 2.05) is 11.4 Å². The molecular weight excluding hydrogens is 187 g/mol. The molecule has 0 N–H and O–H groups in total. The van der Waals surface area contributed by atoms with Crippen LogP contribution in [0.15, 0.2) is 22.2 Å². The lowest BCUT2D eigenvalue weighted by atomic mass is 10.4. The molecule has 0 unspecified atom stereocenters. The van der Waals surface area contributed by atoms with E-state index in [2.05, 4.69) is 5.87 Å². The zero-order valence-corrected chi connectivity index (χ0v) is 7.64. The molecule has 0 bridgehead atoms. The van der Waals surface area contributed by atoms with Crippen LogP contribution >= 0.6 is 23.2 Å². The summed E-state index contributed by atoms with van der Waals surface area (Å²) in [4.78, 5) is 0. The molecule has 1 heterocycles. The Balaban J connectivity index is 3.01. The van der Waals surface area contributed by atoms with Crippen molar-refractivity contribution >= 4 is 44.5 Å². The molecule has 0 nitrogen and oxygen atoms in total. The van der Waals surface area contributed by atoms with Crippen LogP contribution in [-0.2, 0) is 10.1 Å². The minimum absolute atomic E-state index is 0.00559. The summed E-state index contributed by atoms with van der Waals surface area (Å²) in [6, 6.07) is 0. The third kappa shape index (κ3) is 2.41. The van der Waals surface area contributed by atoms with Gasteiger partial charge in [-0.05, 0) is 6.08 Å². The van der Waals surface area contributed by atoms with Gasteiger partial charge >= 0.3 is 0 Å². The SMILES string of the molecule is C=[S-]1=CC(Cl)=CC(Cl)=CC1. The fraction of sp³-hybridized carbons (Fsp3) is 0.143. The average molecular weight is 194 g/mol. The van der Waals surface area contributed by atoms with Crippen LogP contribution in [0.5, 0.6) is 0 Å². The third-order valence-corrected chi connectivity index (χ3v) is 2.84. The molecule has 0 saturated carbocycles. The highest BCUT2D eigenvalue weighted by Gasteiger charge is 1.88. The fourth-order valence-corrected chi connectivity index (χ4v) is 2.33. The molecule has 10 heavy (non-hydrogen) atoms. The van der Waals surface area contributed by atoms with Gasteiger partial charge in [-0.15, -0.1) is 5.75 Å². The van der Waals surface area contributed by atoms with Crippen molar-refractivity contribution in [1.29, 1.82) is 0 Å². The molecule has 0 aromatic carbocycles. The van der Waals surface area contributed by atoms with Crippen molar-refractivity contribution in [2.45, 2.75) is 0 Å².